The number of rotatable bonds is 3. The van der Waals surface area contributed by atoms with Crippen LogP contribution in [0.25, 0.3) is 16.6 Å². The van der Waals surface area contributed by atoms with Gasteiger partial charge < -0.3 is 15.4 Å². The van der Waals surface area contributed by atoms with Crippen LogP contribution in [-0.2, 0) is 7.05 Å². The van der Waals surface area contributed by atoms with Crippen LogP contribution in [0.2, 0.25) is 0 Å². The van der Waals surface area contributed by atoms with Crippen molar-refractivity contribution in [3.63, 3.8) is 0 Å². The van der Waals surface area contributed by atoms with Gasteiger partial charge in [-0.1, -0.05) is 6.07 Å². The number of benzene rings is 1. The molecule has 2 N–H and O–H groups in total. The number of aryl methyl sites for hydroxylation is 1. The maximum Gasteiger partial charge on any atom is 0.223 e. The van der Waals surface area contributed by atoms with E-state index in [-0.39, 0.29) is 5.92 Å². The molecule has 3 atom stereocenters. The molecule has 2 saturated heterocycles. The summed E-state index contributed by atoms with van der Waals surface area (Å²) >= 11 is 0. The molecule has 30 heavy (non-hydrogen) atoms. The van der Waals surface area contributed by atoms with Crippen LogP contribution in [0.3, 0.4) is 0 Å². The predicted molar refractivity (Wildman–Crippen MR) is 114 cm³/mol. The molecule has 5 heterocycles. The summed E-state index contributed by atoms with van der Waals surface area (Å²) in [6, 6.07) is 6.77. The van der Waals surface area contributed by atoms with E-state index in [0.29, 0.717) is 29.3 Å². The molecule has 3 aromatic heterocycles. The predicted octanol–water partition coefficient (Wildman–Crippen LogP) is 2.52. The number of aromatic nitrogens is 6. The van der Waals surface area contributed by atoms with E-state index in [1.165, 1.54) is 12.1 Å². The number of fused-ring (bicyclic) bond motifs is 5. The third-order valence-electron chi connectivity index (χ3n) is 6.67. The number of nitrogens with two attached hydrogens (primary N) is 1. The van der Waals surface area contributed by atoms with Gasteiger partial charge in [-0.15, -0.1) is 5.10 Å². The summed E-state index contributed by atoms with van der Waals surface area (Å²) in [7, 11) is 3.60. The summed E-state index contributed by atoms with van der Waals surface area (Å²) in [5.41, 5.74) is 8.90. The molecular weight excluding hydrogens is 380 g/mol. The minimum absolute atomic E-state index is 0.254. The maximum atomic E-state index is 6.26. The van der Waals surface area contributed by atoms with Crippen LogP contribution in [0.15, 0.2) is 30.6 Å². The summed E-state index contributed by atoms with van der Waals surface area (Å²) < 4.78 is 9.01. The first-order chi connectivity index (χ1) is 14.6. The Hall–Kier alpha value is -3.36. The highest BCUT2D eigenvalue weighted by atomic mass is 16.5. The summed E-state index contributed by atoms with van der Waals surface area (Å²) in [6.45, 7) is 0. The molecule has 9 nitrogen and oxygen atoms in total. The van der Waals surface area contributed by atoms with Crippen LogP contribution in [0.1, 0.15) is 37.4 Å². The molecule has 6 rings (SSSR count). The molecule has 1 aromatic carbocycles. The Balaban J connectivity index is 1.47. The number of nitrogens with zero attached hydrogens (tertiary/aromatic N) is 7. The van der Waals surface area contributed by atoms with Crippen molar-refractivity contribution in [1.82, 2.24) is 29.4 Å². The average Bonchev–Trinajstić information content (AvgIpc) is 3.45. The van der Waals surface area contributed by atoms with E-state index in [4.69, 9.17) is 20.6 Å². The highest BCUT2D eigenvalue weighted by Gasteiger charge is 2.44. The molecule has 0 saturated carbocycles. The minimum Gasteiger partial charge on any atom is -0.494 e. The Morgan fingerprint density at radius 3 is 2.80 bits per heavy atom. The number of ether oxygens (including phenoxy) is 1. The molecule has 2 unspecified atom stereocenters. The number of piperidine rings is 1. The van der Waals surface area contributed by atoms with E-state index in [0.717, 1.165) is 36.1 Å². The van der Waals surface area contributed by atoms with Crippen molar-refractivity contribution in [1.29, 1.82) is 0 Å². The smallest absolute Gasteiger partial charge is 0.223 e. The SMILES string of the molecule is COc1cccc2c1nc(N)n1nc([C@@H]3CCC4CCC3N4c3cnn(C)c3)nc21. The lowest BCUT2D eigenvalue weighted by Gasteiger charge is -2.39. The number of nitrogen functional groups attached to an aromatic ring is 1. The molecular formula is C21H24N8O. The first kappa shape index (κ1) is 17.5. The zero-order chi connectivity index (χ0) is 20.4. The third-order valence-corrected chi connectivity index (χ3v) is 6.67. The minimum atomic E-state index is 0.254. The van der Waals surface area contributed by atoms with Crippen LogP contribution in [0.5, 0.6) is 5.75 Å². The van der Waals surface area contributed by atoms with Crippen LogP contribution < -0.4 is 15.4 Å². The molecule has 0 spiro atoms. The molecule has 4 aromatic rings. The van der Waals surface area contributed by atoms with Crippen LogP contribution in [0, 0.1) is 0 Å². The van der Waals surface area contributed by atoms with Crippen molar-refractivity contribution in [2.45, 2.75) is 43.7 Å². The van der Waals surface area contributed by atoms with Gasteiger partial charge in [-0.3, -0.25) is 4.68 Å². The standard InChI is InChI=1S/C21H24N8O/c1-27-11-13(10-23-27)28-12-6-8-14(16(28)9-7-12)19-25-20-15-4-3-5-17(30-2)18(15)24-21(22)29(20)26-19/h3-5,10-12,14,16H,6-9H2,1-2H3,(H2,22,24)/t12?,14-,16?/m1/s1. The molecule has 0 radical (unpaired) electrons. The van der Waals surface area contributed by atoms with Crippen molar-refractivity contribution >= 4 is 28.2 Å². The van der Waals surface area contributed by atoms with Gasteiger partial charge in [-0.2, -0.15) is 9.61 Å². The van der Waals surface area contributed by atoms with E-state index in [1.807, 2.05) is 36.1 Å². The van der Waals surface area contributed by atoms with E-state index >= 15 is 0 Å². The van der Waals surface area contributed by atoms with Crippen molar-refractivity contribution in [2.24, 2.45) is 7.05 Å². The van der Waals surface area contributed by atoms with Gasteiger partial charge in [0.25, 0.3) is 0 Å². The van der Waals surface area contributed by atoms with Gasteiger partial charge in [-0.25, -0.2) is 9.97 Å². The number of hydrogen-bond acceptors (Lipinski definition) is 7. The molecule has 2 fully saturated rings. The Labute approximate surface area is 173 Å². The van der Waals surface area contributed by atoms with Crippen molar-refractivity contribution < 1.29 is 4.74 Å². The van der Waals surface area contributed by atoms with Gasteiger partial charge in [0, 0.05) is 36.6 Å². The Bertz CT molecular complexity index is 1260. The quantitative estimate of drug-likeness (QED) is 0.560. The first-order valence-electron chi connectivity index (χ1n) is 10.4. The molecule has 0 aliphatic carbocycles. The molecule has 9 heteroatoms. The van der Waals surface area contributed by atoms with Gasteiger partial charge in [0.1, 0.15) is 11.3 Å². The fourth-order valence-corrected chi connectivity index (χ4v) is 5.36. The fourth-order valence-electron chi connectivity index (χ4n) is 5.36. The second kappa shape index (κ2) is 6.32. The monoisotopic (exact) mass is 404 g/mol. The Morgan fingerprint density at radius 1 is 1.13 bits per heavy atom. The van der Waals surface area contributed by atoms with Gasteiger partial charge in [0.2, 0.25) is 5.95 Å². The van der Waals surface area contributed by atoms with Gasteiger partial charge in [0.05, 0.1) is 19.0 Å². The largest absolute Gasteiger partial charge is 0.494 e. The fraction of sp³-hybridized carbons (Fsp3) is 0.429. The average molecular weight is 404 g/mol. The number of anilines is 2. The lowest BCUT2D eigenvalue weighted by atomic mass is 9.89. The lowest BCUT2D eigenvalue weighted by Crippen LogP contribution is -2.44. The van der Waals surface area contributed by atoms with E-state index in [1.54, 1.807) is 11.6 Å². The van der Waals surface area contributed by atoms with Gasteiger partial charge >= 0.3 is 0 Å². The molecule has 2 aliphatic heterocycles. The molecule has 154 valence electrons. The number of para-hydroxylation sites is 1. The second-order valence-electron chi connectivity index (χ2n) is 8.29. The normalized spacial score (nSPS) is 23.5. The summed E-state index contributed by atoms with van der Waals surface area (Å²) in [5.74, 6) is 2.11. The molecule has 0 amide bonds. The molecule has 2 aliphatic rings. The number of methoxy groups -OCH3 is 1. The Kier molecular flexibility index (Phi) is 3.68. The van der Waals surface area contributed by atoms with Gasteiger partial charge in [0.15, 0.2) is 11.5 Å². The highest BCUT2D eigenvalue weighted by Crippen LogP contribution is 2.45. The van der Waals surface area contributed by atoms with Crippen molar-refractivity contribution in [3.05, 3.63) is 36.4 Å². The third kappa shape index (κ3) is 2.41. The van der Waals surface area contributed by atoms with E-state index in [9.17, 15) is 0 Å². The van der Waals surface area contributed by atoms with Crippen LogP contribution in [-0.4, -0.2) is 48.6 Å². The maximum absolute atomic E-state index is 6.26. The van der Waals surface area contributed by atoms with Crippen molar-refractivity contribution in [3.8, 4) is 5.75 Å². The zero-order valence-electron chi connectivity index (χ0n) is 17.1. The Morgan fingerprint density at radius 2 is 2.00 bits per heavy atom. The summed E-state index contributed by atoms with van der Waals surface area (Å²) in [4.78, 5) is 12.1. The lowest BCUT2D eigenvalue weighted by molar-refractivity contribution is 0.400. The van der Waals surface area contributed by atoms with Crippen LogP contribution in [0.4, 0.5) is 11.6 Å². The topological polar surface area (TPSA) is 99.4 Å². The summed E-state index contributed by atoms with van der Waals surface area (Å²) in [6.07, 6.45) is 8.62. The van der Waals surface area contributed by atoms with E-state index in [2.05, 4.69) is 21.2 Å². The first-order valence-corrected chi connectivity index (χ1v) is 10.4. The molecule has 2 bridgehead atoms. The van der Waals surface area contributed by atoms with Crippen LogP contribution >= 0.6 is 0 Å². The summed E-state index contributed by atoms with van der Waals surface area (Å²) in [5, 5.41) is 10.1. The van der Waals surface area contributed by atoms with E-state index < -0.39 is 0 Å². The van der Waals surface area contributed by atoms with Gasteiger partial charge in [-0.05, 0) is 37.8 Å². The highest BCUT2D eigenvalue weighted by molar-refractivity contribution is 5.95. The van der Waals surface area contributed by atoms with Crippen molar-refractivity contribution in [2.75, 3.05) is 17.7 Å². The zero-order valence-corrected chi connectivity index (χ0v) is 17.1. The second-order valence-corrected chi connectivity index (χ2v) is 8.29. The number of hydrogen-bond donors (Lipinski definition) is 1.